The van der Waals surface area contributed by atoms with E-state index < -0.39 is 5.82 Å². The molecule has 7 heteroatoms. The lowest BCUT2D eigenvalue weighted by Gasteiger charge is -2.08. The SMILES string of the molecule is Cn1nc2c(-c3cccs3)c(F)c(Cl)c(-c3cccs3)c2n1. The predicted molar refractivity (Wildman–Crippen MR) is 90.1 cm³/mol. The molecule has 0 unspecified atom stereocenters. The average molecular weight is 350 g/mol. The highest BCUT2D eigenvalue weighted by Gasteiger charge is 2.24. The Morgan fingerprint density at radius 3 is 2.09 bits per heavy atom. The molecule has 0 fully saturated rings. The highest BCUT2D eigenvalue weighted by Crippen LogP contribution is 2.44. The third kappa shape index (κ3) is 1.99. The summed E-state index contributed by atoms with van der Waals surface area (Å²) < 4.78 is 15.0. The van der Waals surface area contributed by atoms with Gasteiger partial charge in [-0.05, 0) is 22.9 Å². The summed E-state index contributed by atoms with van der Waals surface area (Å²) >= 11 is 9.31. The van der Waals surface area contributed by atoms with Crippen molar-refractivity contribution in [2.75, 3.05) is 0 Å². The molecule has 0 aliphatic carbocycles. The van der Waals surface area contributed by atoms with Crippen LogP contribution in [0.1, 0.15) is 0 Å². The minimum atomic E-state index is -0.444. The Hall–Kier alpha value is -1.76. The number of benzene rings is 1. The quantitative estimate of drug-likeness (QED) is 0.497. The molecule has 0 spiro atoms. The molecular weight excluding hydrogens is 341 g/mol. The van der Waals surface area contributed by atoms with Crippen LogP contribution in [0.3, 0.4) is 0 Å². The van der Waals surface area contributed by atoms with Crippen LogP contribution in [0.2, 0.25) is 5.02 Å². The van der Waals surface area contributed by atoms with Gasteiger partial charge in [-0.2, -0.15) is 15.0 Å². The predicted octanol–water partition coefficient (Wildman–Crippen LogP) is 5.22. The first-order chi connectivity index (χ1) is 10.7. The Bertz CT molecular complexity index is 882. The number of fused-ring (bicyclic) bond motifs is 1. The van der Waals surface area contributed by atoms with E-state index in [1.54, 1.807) is 7.05 Å². The third-order valence-corrected chi connectivity index (χ3v) is 5.48. The Kier molecular flexibility index (Phi) is 3.25. The van der Waals surface area contributed by atoms with Crippen LogP contribution in [0.4, 0.5) is 4.39 Å². The first kappa shape index (κ1) is 13.9. The van der Waals surface area contributed by atoms with Crippen molar-refractivity contribution < 1.29 is 4.39 Å². The van der Waals surface area contributed by atoms with Gasteiger partial charge in [0, 0.05) is 22.4 Å². The van der Waals surface area contributed by atoms with Gasteiger partial charge in [-0.3, -0.25) is 0 Å². The van der Waals surface area contributed by atoms with E-state index in [-0.39, 0.29) is 5.02 Å². The van der Waals surface area contributed by atoms with Gasteiger partial charge in [0.2, 0.25) is 0 Å². The Balaban J connectivity index is 2.17. The van der Waals surface area contributed by atoms with Gasteiger partial charge < -0.3 is 0 Å². The average Bonchev–Trinajstić information content (AvgIpc) is 3.21. The van der Waals surface area contributed by atoms with E-state index in [0.29, 0.717) is 22.2 Å². The van der Waals surface area contributed by atoms with Crippen molar-refractivity contribution >= 4 is 45.3 Å². The van der Waals surface area contributed by atoms with E-state index in [0.717, 1.165) is 9.75 Å². The molecule has 0 radical (unpaired) electrons. The van der Waals surface area contributed by atoms with Crippen LogP contribution in [0.5, 0.6) is 0 Å². The molecule has 0 saturated carbocycles. The lowest BCUT2D eigenvalue weighted by Crippen LogP contribution is -1.91. The molecular formula is C15H9ClFN3S2. The summed E-state index contributed by atoms with van der Waals surface area (Å²) in [6, 6.07) is 7.55. The van der Waals surface area contributed by atoms with Crippen LogP contribution in [0.15, 0.2) is 35.0 Å². The molecule has 110 valence electrons. The maximum absolute atomic E-state index is 15.0. The third-order valence-electron chi connectivity index (χ3n) is 3.35. The monoisotopic (exact) mass is 349 g/mol. The highest BCUT2D eigenvalue weighted by molar-refractivity contribution is 7.14. The van der Waals surface area contributed by atoms with Gasteiger partial charge in [0.15, 0.2) is 5.82 Å². The van der Waals surface area contributed by atoms with Crippen LogP contribution >= 0.6 is 34.3 Å². The molecule has 0 saturated heterocycles. The van der Waals surface area contributed by atoms with E-state index >= 15 is 0 Å². The zero-order chi connectivity index (χ0) is 15.3. The molecule has 0 atom stereocenters. The lowest BCUT2D eigenvalue weighted by molar-refractivity contribution is 0.633. The van der Waals surface area contributed by atoms with E-state index in [1.165, 1.54) is 27.5 Å². The summed E-state index contributed by atoms with van der Waals surface area (Å²) in [5.41, 5.74) is 2.19. The van der Waals surface area contributed by atoms with Gasteiger partial charge in [-0.15, -0.1) is 22.7 Å². The minimum absolute atomic E-state index is 0.0962. The van der Waals surface area contributed by atoms with E-state index in [4.69, 9.17) is 11.6 Å². The fourth-order valence-corrected chi connectivity index (χ4v) is 4.35. The van der Waals surface area contributed by atoms with Crippen molar-refractivity contribution in [2.24, 2.45) is 7.05 Å². The maximum Gasteiger partial charge on any atom is 0.153 e. The van der Waals surface area contributed by atoms with E-state index in [9.17, 15) is 4.39 Å². The summed E-state index contributed by atoms with van der Waals surface area (Å²) in [7, 11) is 1.72. The number of nitrogens with zero attached hydrogens (tertiary/aromatic N) is 3. The second-order valence-corrected chi connectivity index (χ2v) is 6.99. The van der Waals surface area contributed by atoms with Crippen LogP contribution in [0.25, 0.3) is 31.9 Å². The number of hydrogen-bond donors (Lipinski definition) is 0. The molecule has 0 bridgehead atoms. The van der Waals surface area contributed by atoms with Gasteiger partial charge in [0.25, 0.3) is 0 Å². The topological polar surface area (TPSA) is 30.7 Å². The van der Waals surface area contributed by atoms with Crippen LogP contribution < -0.4 is 0 Å². The highest BCUT2D eigenvalue weighted by atomic mass is 35.5. The second-order valence-electron chi connectivity index (χ2n) is 4.72. The Labute approximate surface area is 138 Å². The molecule has 4 rings (SSSR count). The summed E-state index contributed by atoms with van der Waals surface area (Å²) in [6.07, 6.45) is 0. The second kappa shape index (κ2) is 5.15. The number of hydrogen-bond acceptors (Lipinski definition) is 4. The van der Waals surface area contributed by atoms with Crippen LogP contribution in [0, 0.1) is 5.82 Å². The summed E-state index contributed by atoms with van der Waals surface area (Å²) in [5.74, 6) is -0.444. The van der Waals surface area contributed by atoms with Gasteiger partial charge in [-0.25, -0.2) is 4.39 Å². The summed E-state index contributed by atoms with van der Waals surface area (Å²) in [6.45, 7) is 0. The molecule has 3 heterocycles. The fraction of sp³-hybridized carbons (Fsp3) is 0.0667. The molecule has 3 nitrogen and oxygen atoms in total. The molecule has 0 aliphatic heterocycles. The number of aromatic nitrogens is 3. The molecule has 22 heavy (non-hydrogen) atoms. The smallest absolute Gasteiger partial charge is 0.153 e. The van der Waals surface area contributed by atoms with E-state index in [2.05, 4.69) is 10.2 Å². The summed E-state index contributed by atoms with van der Waals surface area (Å²) in [4.78, 5) is 3.13. The molecule has 0 N–H and O–H groups in total. The van der Waals surface area contributed by atoms with Gasteiger partial charge in [0.05, 0.1) is 10.6 Å². The maximum atomic E-state index is 15.0. The van der Waals surface area contributed by atoms with Crippen molar-refractivity contribution in [1.29, 1.82) is 0 Å². The van der Waals surface area contributed by atoms with Crippen molar-refractivity contribution in [1.82, 2.24) is 15.0 Å². The normalized spacial score (nSPS) is 11.4. The van der Waals surface area contributed by atoms with Crippen molar-refractivity contribution in [3.63, 3.8) is 0 Å². The zero-order valence-electron chi connectivity index (χ0n) is 11.4. The first-order valence-corrected chi connectivity index (χ1v) is 8.60. The van der Waals surface area contributed by atoms with Gasteiger partial charge in [0.1, 0.15) is 11.0 Å². The van der Waals surface area contributed by atoms with Crippen LogP contribution in [-0.4, -0.2) is 15.0 Å². The Morgan fingerprint density at radius 2 is 1.55 bits per heavy atom. The van der Waals surface area contributed by atoms with Gasteiger partial charge >= 0.3 is 0 Å². The molecule has 3 aromatic heterocycles. The number of thiophene rings is 2. The molecule has 4 aromatic rings. The molecule has 0 aliphatic rings. The number of halogens is 2. The Morgan fingerprint density at radius 1 is 1.00 bits per heavy atom. The zero-order valence-corrected chi connectivity index (χ0v) is 13.8. The minimum Gasteiger partial charge on any atom is -0.205 e. The fourth-order valence-electron chi connectivity index (χ4n) is 2.46. The molecule has 1 aromatic carbocycles. The number of aryl methyl sites for hydroxylation is 1. The van der Waals surface area contributed by atoms with Crippen molar-refractivity contribution in [3.05, 3.63) is 45.9 Å². The van der Waals surface area contributed by atoms with Crippen molar-refractivity contribution in [3.8, 4) is 20.9 Å². The van der Waals surface area contributed by atoms with E-state index in [1.807, 2.05) is 35.0 Å². The largest absolute Gasteiger partial charge is 0.205 e. The number of rotatable bonds is 2. The first-order valence-electron chi connectivity index (χ1n) is 6.46. The standard InChI is InChI=1S/C15H9ClFN3S2/c1-20-18-14-10(8-4-2-6-21-8)12(16)13(17)11(15(14)19-20)9-5-3-7-22-9/h2-7H,1H3. The van der Waals surface area contributed by atoms with Gasteiger partial charge in [-0.1, -0.05) is 23.7 Å². The summed E-state index contributed by atoms with van der Waals surface area (Å²) in [5, 5.41) is 12.7. The van der Waals surface area contributed by atoms with Crippen LogP contribution in [-0.2, 0) is 7.05 Å². The lowest BCUT2D eigenvalue weighted by atomic mass is 10.0. The van der Waals surface area contributed by atoms with Crippen molar-refractivity contribution in [2.45, 2.75) is 0 Å². The molecule has 0 amide bonds.